The van der Waals surface area contributed by atoms with Gasteiger partial charge in [0.15, 0.2) is 4.98 Å². The number of halogens is 4. The molecule has 0 radical (unpaired) electrons. The van der Waals surface area contributed by atoms with E-state index >= 15 is 0 Å². The maximum atomic E-state index is 13.0. The van der Waals surface area contributed by atoms with E-state index < -0.39 is 17.7 Å². The first-order valence-electron chi connectivity index (χ1n) is 4.18. The van der Waals surface area contributed by atoms with Gasteiger partial charge in [-0.05, 0) is 18.6 Å². The van der Waals surface area contributed by atoms with Crippen LogP contribution in [0.1, 0.15) is 5.56 Å². The Labute approximate surface area is 93.3 Å². The van der Waals surface area contributed by atoms with Crippen molar-refractivity contribution < 1.29 is 17.6 Å². The molecule has 0 fully saturated rings. The fraction of sp³-hybridized carbons (Fsp3) is 0.333. The minimum Gasteiger partial charge on any atom is -0.198 e. The summed E-state index contributed by atoms with van der Waals surface area (Å²) >= 11 is 0.529. The van der Waals surface area contributed by atoms with E-state index in [0.717, 1.165) is 12.1 Å². The van der Waals surface area contributed by atoms with Crippen LogP contribution in [0.3, 0.4) is 0 Å². The van der Waals surface area contributed by atoms with Crippen LogP contribution < -0.4 is 0 Å². The SMILES string of the molecule is Cc1cc(F)c([N+]#N)cc1SCC(F)(F)F. The van der Waals surface area contributed by atoms with Gasteiger partial charge in [0, 0.05) is 4.90 Å². The van der Waals surface area contributed by atoms with E-state index in [4.69, 9.17) is 5.39 Å². The summed E-state index contributed by atoms with van der Waals surface area (Å²) in [6, 6.07) is 2.12. The predicted octanol–water partition coefficient (Wildman–Crippen LogP) is 4.27. The lowest BCUT2D eigenvalue weighted by Crippen LogP contribution is -2.10. The van der Waals surface area contributed by atoms with E-state index in [1.807, 2.05) is 0 Å². The molecule has 1 aromatic carbocycles. The van der Waals surface area contributed by atoms with E-state index in [-0.39, 0.29) is 10.6 Å². The standard InChI is InChI=1S/C9H7F4N2S/c1-5-2-6(10)7(15-14)3-8(5)16-4-9(11,12)13/h2-3H,4H2,1H3/q+1. The fourth-order valence-electron chi connectivity index (χ4n) is 1.03. The molecule has 0 aliphatic rings. The molecule has 1 aromatic rings. The highest BCUT2D eigenvalue weighted by Crippen LogP contribution is 2.33. The summed E-state index contributed by atoms with van der Waals surface area (Å²) in [5.74, 6) is -1.83. The van der Waals surface area contributed by atoms with E-state index in [0.29, 0.717) is 17.3 Å². The fourth-order valence-corrected chi connectivity index (χ4v) is 1.83. The third kappa shape index (κ3) is 3.38. The van der Waals surface area contributed by atoms with Crippen LogP contribution in [0, 0.1) is 18.1 Å². The largest absolute Gasteiger partial charge is 0.421 e. The van der Waals surface area contributed by atoms with Crippen molar-refractivity contribution >= 4 is 17.4 Å². The molecule has 7 heteroatoms. The zero-order valence-electron chi connectivity index (χ0n) is 8.18. The van der Waals surface area contributed by atoms with Gasteiger partial charge in [-0.1, -0.05) is 0 Å². The minimum atomic E-state index is -4.29. The van der Waals surface area contributed by atoms with Gasteiger partial charge in [0.25, 0.3) is 0 Å². The molecule has 0 aliphatic heterocycles. The topological polar surface area (TPSA) is 28.1 Å². The van der Waals surface area contributed by atoms with Gasteiger partial charge in [0.1, 0.15) is 0 Å². The molecule has 0 N–H and O–H groups in total. The second-order valence-electron chi connectivity index (χ2n) is 3.07. The molecule has 0 spiro atoms. The first kappa shape index (κ1) is 12.8. The normalized spacial score (nSPS) is 11.2. The first-order valence-corrected chi connectivity index (χ1v) is 5.17. The van der Waals surface area contributed by atoms with E-state index in [9.17, 15) is 17.6 Å². The monoisotopic (exact) mass is 251 g/mol. The van der Waals surface area contributed by atoms with Gasteiger partial charge in [0.05, 0.1) is 11.8 Å². The lowest BCUT2D eigenvalue weighted by atomic mass is 10.2. The van der Waals surface area contributed by atoms with Crippen LogP contribution in [0.5, 0.6) is 0 Å². The van der Waals surface area contributed by atoms with Gasteiger partial charge in [-0.15, -0.1) is 11.8 Å². The summed E-state index contributed by atoms with van der Waals surface area (Å²) in [7, 11) is 0. The Morgan fingerprint density at radius 2 is 2.00 bits per heavy atom. The number of thioether (sulfide) groups is 1. The van der Waals surface area contributed by atoms with E-state index in [1.165, 1.54) is 6.92 Å². The second-order valence-corrected chi connectivity index (χ2v) is 4.09. The third-order valence-electron chi connectivity index (χ3n) is 1.74. The molecule has 1 rings (SSSR count). The van der Waals surface area contributed by atoms with Crippen molar-refractivity contribution in [2.24, 2.45) is 0 Å². The molecule has 0 bridgehead atoms. The van der Waals surface area contributed by atoms with E-state index in [1.54, 1.807) is 0 Å². The molecule has 0 amide bonds. The summed E-state index contributed by atoms with van der Waals surface area (Å²) in [6.45, 7) is 1.49. The number of diazo groups is 1. The van der Waals surface area contributed by atoms with Gasteiger partial charge in [-0.25, -0.2) is 0 Å². The summed E-state index contributed by atoms with van der Waals surface area (Å²) in [4.78, 5) is 2.89. The highest BCUT2D eigenvalue weighted by Gasteiger charge is 2.28. The van der Waals surface area contributed by atoms with Crippen LogP contribution in [0.4, 0.5) is 23.2 Å². The minimum absolute atomic E-state index is 0.242. The molecular formula is C9H7F4N2S+. The van der Waals surface area contributed by atoms with Crippen molar-refractivity contribution in [3.63, 3.8) is 0 Å². The Hall–Kier alpha value is -1.29. The molecule has 0 saturated heterocycles. The summed E-state index contributed by atoms with van der Waals surface area (Å²) in [5.41, 5.74) is 0.00873. The number of benzene rings is 1. The van der Waals surface area contributed by atoms with Crippen molar-refractivity contribution in [1.29, 1.82) is 5.39 Å². The Balaban J connectivity index is 2.93. The molecule has 0 aliphatic carbocycles. The summed E-state index contributed by atoms with van der Waals surface area (Å²) in [5, 5.41) is 8.42. The van der Waals surface area contributed by atoms with Crippen LogP contribution in [0.15, 0.2) is 17.0 Å². The molecule has 0 atom stereocenters. The lowest BCUT2D eigenvalue weighted by molar-refractivity contribution is -0.105. The summed E-state index contributed by atoms with van der Waals surface area (Å²) < 4.78 is 48.9. The van der Waals surface area contributed by atoms with E-state index in [2.05, 4.69) is 4.98 Å². The maximum absolute atomic E-state index is 13.0. The number of aryl methyl sites for hydroxylation is 1. The van der Waals surface area contributed by atoms with Gasteiger partial charge in [-0.3, -0.25) is 0 Å². The number of hydrogen-bond acceptors (Lipinski definition) is 2. The first-order chi connectivity index (χ1) is 7.33. The highest BCUT2D eigenvalue weighted by molar-refractivity contribution is 7.99. The molecular weight excluding hydrogens is 244 g/mol. The summed E-state index contributed by atoms with van der Waals surface area (Å²) in [6.07, 6.45) is -4.29. The molecule has 2 nitrogen and oxygen atoms in total. The Morgan fingerprint density at radius 3 is 2.50 bits per heavy atom. The number of hydrogen-bond donors (Lipinski definition) is 0. The van der Waals surface area contributed by atoms with Gasteiger partial charge < -0.3 is 0 Å². The Bertz CT molecular complexity index is 436. The quantitative estimate of drug-likeness (QED) is 0.446. The predicted molar refractivity (Wildman–Crippen MR) is 52.7 cm³/mol. The Kier molecular flexibility index (Phi) is 3.75. The zero-order chi connectivity index (χ0) is 12.3. The average molecular weight is 251 g/mol. The molecule has 0 unspecified atom stereocenters. The van der Waals surface area contributed by atoms with Crippen LogP contribution in [-0.4, -0.2) is 11.9 Å². The van der Waals surface area contributed by atoms with Crippen LogP contribution in [-0.2, 0) is 0 Å². The molecule has 86 valence electrons. The van der Waals surface area contributed by atoms with Gasteiger partial charge in [-0.2, -0.15) is 17.6 Å². The zero-order valence-corrected chi connectivity index (χ0v) is 8.99. The van der Waals surface area contributed by atoms with Crippen LogP contribution in [0.2, 0.25) is 0 Å². The molecule has 16 heavy (non-hydrogen) atoms. The Morgan fingerprint density at radius 1 is 1.38 bits per heavy atom. The number of nitrogens with zero attached hydrogens (tertiary/aromatic N) is 2. The smallest absolute Gasteiger partial charge is 0.198 e. The number of rotatable bonds is 2. The maximum Gasteiger partial charge on any atom is 0.421 e. The highest BCUT2D eigenvalue weighted by atomic mass is 32.2. The second kappa shape index (κ2) is 4.70. The van der Waals surface area contributed by atoms with Crippen molar-refractivity contribution in [3.05, 3.63) is 28.5 Å². The van der Waals surface area contributed by atoms with Crippen LogP contribution in [0.25, 0.3) is 4.98 Å². The van der Waals surface area contributed by atoms with Crippen molar-refractivity contribution in [2.75, 3.05) is 5.75 Å². The van der Waals surface area contributed by atoms with Crippen LogP contribution >= 0.6 is 11.8 Å². The number of alkyl halides is 3. The lowest BCUT2D eigenvalue weighted by Gasteiger charge is -2.07. The molecule has 0 saturated carbocycles. The van der Waals surface area contributed by atoms with Gasteiger partial charge >= 0.3 is 11.9 Å². The van der Waals surface area contributed by atoms with Crippen molar-refractivity contribution in [3.8, 4) is 0 Å². The third-order valence-corrected chi connectivity index (χ3v) is 2.97. The molecule has 0 aromatic heterocycles. The van der Waals surface area contributed by atoms with Gasteiger partial charge in [0.2, 0.25) is 11.2 Å². The van der Waals surface area contributed by atoms with Crippen molar-refractivity contribution in [2.45, 2.75) is 18.0 Å². The average Bonchev–Trinajstić information content (AvgIpc) is 2.15. The molecule has 0 heterocycles. The van der Waals surface area contributed by atoms with Crippen molar-refractivity contribution in [1.82, 2.24) is 0 Å².